The molecule has 2 fully saturated rings. The second kappa shape index (κ2) is 9.20. The van der Waals surface area contributed by atoms with Crippen molar-refractivity contribution in [2.45, 2.75) is 24.9 Å². The highest BCUT2D eigenvalue weighted by Crippen LogP contribution is 2.48. The molecule has 0 radical (unpaired) electrons. The molecule has 2 unspecified atom stereocenters. The van der Waals surface area contributed by atoms with E-state index in [2.05, 4.69) is 26.2 Å². The minimum atomic E-state index is -0.296. The number of aromatic nitrogens is 3. The molecule has 0 aliphatic carbocycles. The molecule has 2 atom stereocenters. The molecule has 2 saturated heterocycles. The topological polar surface area (TPSA) is 112 Å². The lowest BCUT2D eigenvalue weighted by Gasteiger charge is -2.30. The second-order valence-electron chi connectivity index (χ2n) is 9.44. The number of hydrogen-bond acceptors (Lipinski definition) is 7. The first-order valence-electron chi connectivity index (χ1n) is 12.3. The fourth-order valence-corrected chi connectivity index (χ4v) is 6.06. The van der Waals surface area contributed by atoms with Crippen LogP contribution in [0.5, 0.6) is 5.88 Å². The second-order valence-corrected chi connectivity index (χ2v) is 9.83. The zero-order valence-electron chi connectivity index (χ0n) is 19.8. The van der Waals surface area contributed by atoms with Gasteiger partial charge in [-0.3, -0.25) is 9.47 Å². The maximum Gasteiger partial charge on any atom is 0.336 e. The van der Waals surface area contributed by atoms with Crippen LogP contribution in [0.25, 0.3) is 16.5 Å². The summed E-state index contributed by atoms with van der Waals surface area (Å²) >= 11 is 5.71. The summed E-state index contributed by atoms with van der Waals surface area (Å²) in [6, 6.07) is 9.16. The molecule has 0 amide bonds. The normalized spacial score (nSPS) is 21.0. The van der Waals surface area contributed by atoms with E-state index in [0.717, 1.165) is 52.2 Å². The molecule has 2 aromatic heterocycles. The summed E-state index contributed by atoms with van der Waals surface area (Å²) in [7, 11) is 0. The van der Waals surface area contributed by atoms with Crippen LogP contribution < -0.4 is 11.0 Å². The molecular formula is C25H27N7O3S. The van der Waals surface area contributed by atoms with E-state index in [1.165, 1.54) is 10.8 Å². The number of nitrogens with zero attached hydrogens (tertiary/aromatic N) is 6. The van der Waals surface area contributed by atoms with Crippen LogP contribution in [-0.2, 0) is 4.74 Å². The van der Waals surface area contributed by atoms with Crippen LogP contribution in [0.15, 0.2) is 35.3 Å². The van der Waals surface area contributed by atoms with Crippen LogP contribution in [0.3, 0.4) is 0 Å². The number of fused-ring (bicyclic) bond motifs is 6. The summed E-state index contributed by atoms with van der Waals surface area (Å²) in [5, 5.41) is 26.1. The number of morpholine rings is 1. The molecule has 11 heteroatoms. The van der Waals surface area contributed by atoms with Gasteiger partial charge in [-0.05, 0) is 31.6 Å². The Hall–Kier alpha value is -3.46. The largest absolute Gasteiger partial charge is 0.493 e. The van der Waals surface area contributed by atoms with E-state index >= 15 is 0 Å². The third-order valence-corrected chi connectivity index (χ3v) is 7.85. The third kappa shape index (κ3) is 3.64. The number of nitriles is 1. The number of ether oxygens (including phenoxy) is 1. The summed E-state index contributed by atoms with van der Waals surface area (Å²) in [4.78, 5) is 22.2. The highest BCUT2D eigenvalue weighted by atomic mass is 32.1. The molecule has 3 aromatic rings. The maximum atomic E-state index is 13.5. The van der Waals surface area contributed by atoms with Gasteiger partial charge in [0.2, 0.25) is 5.88 Å². The van der Waals surface area contributed by atoms with Gasteiger partial charge in [0.15, 0.2) is 5.11 Å². The first kappa shape index (κ1) is 23.0. The predicted octanol–water partition coefficient (Wildman–Crippen LogP) is 1.66. The Bertz CT molecular complexity index is 1440. The molecule has 1 aromatic carbocycles. The maximum absolute atomic E-state index is 13.5. The number of imidazole rings is 1. The molecular weight excluding hydrogens is 478 g/mol. The Balaban J connectivity index is 1.23. The Labute approximate surface area is 213 Å². The van der Waals surface area contributed by atoms with Gasteiger partial charge < -0.3 is 20.1 Å². The molecule has 10 nitrogen and oxygen atoms in total. The van der Waals surface area contributed by atoms with Gasteiger partial charge in [0, 0.05) is 37.0 Å². The van der Waals surface area contributed by atoms with Gasteiger partial charge in [0.1, 0.15) is 17.5 Å². The first-order valence-corrected chi connectivity index (χ1v) is 12.7. The molecule has 36 heavy (non-hydrogen) atoms. The number of nitrogens with one attached hydrogen (secondary N) is 1. The van der Waals surface area contributed by atoms with Crippen LogP contribution in [-0.4, -0.2) is 80.1 Å². The zero-order chi connectivity index (χ0) is 24.8. The van der Waals surface area contributed by atoms with Crippen LogP contribution in [0.2, 0.25) is 0 Å². The standard InChI is InChI=1S/C25H27N7O3S/c26-13-19-17-4-1-2-5-18(17)21(14-28-19)32-23(33)22-20-12-16(31(22)25(32)34)15-30(20)24(36)27-6-3-7-29-8-10-35-11-9-29/h1-2,4-5,14,16,20,33H,3,6-12,15H2,(H,27,36). The Morgan fingerprint density at radius 2 is 2.06 bits per heavy atom. The summed E-state index contributed by atoms with van der Waals surface area (Å²) in [5.41, 5.74) is 1.03. The molecule has 3 aliphatic heterocycles. The van der Waals surface area contributed by atoms with Crippen molar-refractivity contribution >= 4 is 28.1 Å². The number of benzene rings is 1. The van der Waals surface area contributed by atoms with Crippen LogP contribution >= 0.6 is 12.2 Å². The van der Waals surface area contributed by atoms with Crippen molar-refractivity contribution < 1.29 is 9.84 Å². The minimum Gasteiger partial charge on any atom is -0.493 e. The molecule has 3 aliphatic rings. The average Bonchev–Trinajstić information content (AvgIpc) is 3.58. The number of thiocarbonyl (C=S) groups is 1. The molecule has 2 N–H and O–H groups in total. The fraction of sp³-hybridized carbons (Fsp3) is 0.440. The lowest BCUT2D eigenvalue weighted by molar-refractivity contribution is 0.0375. The van der Waals surface area contributed by atoms with Gasteiger partial charge in [-0.2, -0.15) is 5.26 Å². The lowest BCUT2D eigenvalue weighted by Crippen LogP contribution is -2.44. The van der Waals surface area contributed by atoms with Crippen molar-refractivity contribution in [3.63, 3.8) is 0 Å². The van der Waals surface area contributed by atoms with Crippen molar-refractivity contribution in [2.24, 2.45) is 0 Å². The number of likely N-dealkylation sites (tertiary alicyclic amines) is 1. The van der Waals surface area contributed by atoms with Crippen molar-refractivity contribution in [1.29, 1.82) is 5.26 Å². The Morgan fingerprint density at radius 3 is 2.83 bits per heavy atom. The van der Waals surface area contributed by atoms with Crippen LogP contribution in [0.1, 0.15) is 36.3 Å². The van der Waals surface area contributed by atoms with E-state index in [0.29, 0.717) is 33.8 Å². The van der Waals surface area contributed by atoms with Crippen molar-refractivity contribution in [2.75, 3.05) is 45.9 Å². The number of hydrogen-bond donors (Lipinski definition) is 2. The number of rotatable bonds is 5. The van der Waals surface area contributed by atoms with Gasteiger partial charge in [0.05, 0.1) is 37.2 Å². The average molecular weight is 506 g/mol. The minimum absolute atomic E-state index is 0.0599. The monoisotopic (exact) mass is 505 g/mol. The lowest BCUT2D eigenvalue weighted by atomic mass is 10.1. The summed E-state index contributed by atoms with van der Waals surface area (Å²) < 4.78 is 8.41. The quantitative estimate of drug-likeness (QED) is 0.395. The molecule has 0 spiro atoms. The summed E-state index contributed by atoms with van der Waals surface area (Å²) in [5.74, 6) is -0.0935. The van der Waals surface area contributed by atoms with E-state index in [4.69, 9.17) is 17.0 Å². The SMILES string of the molecule is N#Cc1ncc(-n2c(O)c3n(c2=O)C2CC3N(C(=S)NCCCN3CCOCC3)C2)c2ccccc12. The van der Waals surface area contributed by atoms with E-state index in [1.54, 1.807) is 10.6 Å². The predicted molar refractivity (Wildman–Crippen MR) is 137 cm³/mol. The van der Waals surface area contributed by atoms with E-state index in [-0.39, 0.29) is 29.3 Å². The summed E-state index contributed by atoms with van der Waals surface area (Å²) in [6.45, 7) is 5.93. The third-order valence-electron chi connectivity index (χ3n) is 7.47. The zero-order valence-corrected chi connectivity index (χ0v) is 20.6. The first-order chi connectivity index (χ1) is 17.6. The molecule has 2 bridgehead atoms. The van der Waals surface area contributed by atoms with Crippen molar-refractivity contribution in [1.82, 2.24) is 29.2 Å². The van der Waals surface area contributed by atoms with E-state index in [1.807, 2.05) is 18.2 Å². The molecule has 6 rings (SSSR count). The Kier molecular flexibility index (Phi) is 5.87. The fourth-order valence-electron chi connectivity index (χ4n) is 5.76. The van der Waals surface area contributed by atoms with Crippen LogP contribution in [0.4, 0.5) is 0 Å². The van der Waals surface area contributed by atoms with Gasteiger partial charge in [-0.25, -0.2) is 14.3 Å². The number of pyridine rings is 1. The smallest absolute Gasteiger partial charge is 0.336 e. The van der Waals surface area contributed by atoms with Gasteiger partial charge >= 0.3 is 5.69 Å². The van der Waals surface area contributed by atoms with Gasteiger partial charge in [-0.1, -0.05) is 24.3 Å². The Morgan fingerprint density at radius 1 is 1.28 bits per heavy atom. The molecule has 186 valence electrons. The highest BCUT2D eigenvalue weighted by molar-refractivity contribution is 7.80. The number of aromatic hydroxyl groups is 1. The molecule has 5 heterocycles. The van der Waals surface area contributed by atoms with E-state index in [9.17, 15) is 15.2 Å². The molecule has 0 saturated carbocycles. The van der Waals surface area contributed by atoms with Crippen molar-refractivity contribution in [3.8, 4) is 17.6 Å². The van der Waals surface area contributed by atoms with Crippen molar-refractivity contribution in [3.05, 3.63) is 52.3 Å². The summed E-state index contributed by atoms with van der Waals surface area (Å²) in [6.07, 6.45) is 3.20. The highest BCUT2D eigenvalue weighted by Gasteiger charge is 2.48. The van der Waals surface area contributed by atoms with Gasteiger partial charge in [-0.15, -0.1) is 0 Å². The van der Waals surface area contributed by atoms with Crippen LogP contribution in [0, 0.1) is 11.3 Å². The van der Waals surface area contributed by atoms with E-state index < -0.39 is 0 Å². The van der Waals surface area contributed by atoms with Gasteiger partial charge in [0.25, 0.3) is 0 Å².